The normalized spacial score (nSPS) is 11.5. The Balaban J connectivity index is 2.84. The number of nitrogens with zero attached hydrogens (tertiary/aromatic N) is 2. The number of nitrogens with two attached hydrogens (primary N) is 1. The van der Waals surface area contributed by atoms with Gasteiger partial charge in [-0.2, -0.15) is 5.10 Å². The number of rotatable bonds is 3. The third kappa shape index (κ3) is 2.28. The first-order valence-electron chi connectivity index (χ1n) is 5.51. The minimum Gasteiger partial charge on any atom is -0.496 e. The molecule has 0 aliphatic carbocycles. The predicted octanol–water partition coefficient (Wildman–Crippen LogP) is 1.08. The predicted molar refractivity (Wildman–Crippen MR) is 72.7 cm³/mol. The second-order valence-electron chi connectivity index (χ2n) is 4.17. The lowest BCUT2D eigenvalue weighted by Crippen LogP contribution is -2.03. The summed E-state index contributed by atoms with van der Waals surface area (Å²) in [6, 6.07) is 4.85. The average Bonchev–Trinajstić information content (AvgIpc) is 2.68. The molecule has 19 heavy (non-hydrogen) atoms. The third-order valence-corrected chi connectivity index (χ3v) is 4.00. The van der Waals surface area contributed by atoms with Gasteiger partial charge in [-0.3, -0.25) is 4.68 Å². The van der Waals surface area contributed by atoms with Crippen LogP contribution in [0, 0.1) is 0 Å². The summed E-state index contributed by atoms with van der Waals surface area (Å²) in [7, 11) is -0.222. The van der Waals surface area contributed by atoms with Crippen LogP contribution in [0.15, 0.2) is 29.3 Å². The highest BCUT2D eigenvalue weighted by atomic mass is 32.2. The largest absolute Gasteiger partial charge is 0.496 e. The molecule has 0 unspecified atom stereocenters. The average molecular weight is 281 g/mol. The number of hydrogen-bond acceptors (Lipinski definition) is 5. The highest BCUT2D eigenvalue weighted by Crippen LogP contribution is 2.38. The van der Waals surface area contributed by atoms with Crippen LogP contribution >= 0.6 is 0 Å². The van der Waals surface area contributed by atoms with Crippen LogP contribution in [0.25, 0.3) is 11.1 Å². The lowest BCUT2D eigenvalue weighted by Gasteiger charge is -2.12. The summed E-state index contributed by atoms with van der Waals surface area (Å²) >= 11 is 0. The van der Waals surface area contributed by atoms with E-state index in [0.717, 1.165) is 6.26 Å². The monoisotopic (exact) mass is 281 g/mol. The zero-order valence-corrected chi connectivity index (χ0v) is 11.7. The standard InChI is InChI=1S/C12H15N3O3S/c1-15-12(13)8(7-14-15)11-9(18-2)5-4-6-10(11)19(3,16)17/h4-7H,13H2,1-3H3. The highest BCUT2D eigenvalue weighted by molar-refractivity contribution is 7.90. The molecule has 0 aliphatic heterocycles. The van der Waals surface area contributed by atoms with E-state index in [2.05, 4.69) is 5.10 Å². The number of methoxy groups -OCH3 is 1. The summed E-state index contributed by atoms with van der Waals surface area (Å²) in [5, 5.41) is 4.03. The Morgan fingerprint density at radius 3 is 2.53 bits per heavy atom. The summed E-state index contributed by atoms with van der Waals surface area (Å²) in [5.41, 5.74) is 6.91. The van der Waals surface area contributed by atoms with Crippen LogP contribution in [0.2, 0.25) is 0 Å². The van der Waals surface area contributed by atoms with E-state index in [1.165, 1.54) is 24.1 Å². The fraction of sp³-hybridized carbons (Fsp3) is 0.250. The van der Waals surface area contributed by atoms with E-state index in [1.54, 1.807) is 19.2 Å². The van der Waals surface area contributed by atoms with Gasteiger partial charge in [0.15, 0.2) is 9.84 Å². The molecule has 2 aromatic rings. The topological polar surface area (TPSA) is 87.2 Å². The van der Waals surface area contributed by atoms with Crippen molar-refractivity contribution in [2.75, 3.05) is 19.1 Å². The maximum Gasteiger partial charge on any atom is 0.176 e. The molecule has 6 nitrogen and oxygen atoms in total. The molecule has 1 aromatic carbocycles. The van der Waals surface area contributed by atoms with E-state index >= 15 is 0 Å². The van der Waals surface area contributed by atoms with Crippen molar-refractivity contribution in [2.24, 2.45) is 7.05 Å². The lowest BCUT2D eigenvalue weighted by molar-refractivity contribution is 0.415. The Labute approximate surface area is 111 Å². The molecule has 7 heteroatoms. The summed E-state index contributed by atoms with van der Waals surface area (Å²) in [6.07, 6.45) is 2.68. The number of ether oxygens (including phenoxy) is 1. The fourth-order valence-electron chi connectivity index (χ4n) is 1.90. The second kappa shape index (κ2) is 4.58. The molecule has 2 rings (SSSR count). The van der Waals surface area contributed by atoms with E-state index in [9.17, 15) is 8.42 Å². The van der Waals surface area contributed by atoms with Crippen LogP contribution in [0.3, 0.4) is 0 Å². The molecule has 0 fully saturated rings. The van der Waals surface area contributed by atoms with E-state index in [1.807, 2.05) is 0 Å². The van der Waals surface area contributed by atoms with Gasteiger partial charge in [0.25, 0.3) is 0 Å². The molecule has 0 radical (unpaired) electrons. The summed E-state index contributed by atoms with van der Waals surface area (Å²) in [5.74, 6) is 0.831. The van der Waals surface area contributed by atoms with E-state index in [4.69, 9.17) is 10.5 Å². The zero-order valence-electron chi connectivity index (χ0n) is 10.9. The van der Waals surface area contributed by atoms with Crippen molar-refractivity contribution >= 4 is 15.7 Å². The van der Waals surface area contributed by atoms with Gasteiger partial charge in [-0.15, -0.1) is 0 Å². The van der Waals surface area contributed by atoms with Gasteiger partial charge in [-0.25, -0.2) is 8.42 Å². The van der Waals surface area contributed by atoms with Gasteiger partial charge in [-0.1, -0.05) is 6.07 Å². The van der Waals surface area contributed by atoms with Gasteiger partial charge in [0.2, 0.25) is 0 Å². The van der Waals surface area contributed by atoms with Gasteiger partial charge in [0.1, 0.15) is 11.6 Å². The van der Waals surface area contributed by atoms with Crippen LogP contribution in [-0.4, -0.2) is 31.6 Å². The Kier molecular flexibility index (Phi) is 3.23. The summed E-state index contributed by atoms with van der Waals surface area (Å²) in [4.78, 5) is 0.173. The minimum absolute atomic E-state index is 0.173. The molecule has 0 saturated carbocycles. The number of benzene rings is 1. The summed E-state index contributed by atoms with van der Waals surface area (Å²) < 4.78 is 30.5. The van der Waals surface area contributed by atoms with E-state index in [-0.39, 0.29) is 4.90 Å². The van der Waals surface area contributed by atoms with Crippen LogP contribution in [0.4, 0.5) is 5.82 Å². The van der Waals surface area contributed by atoms with Crippen LogP contribution in [0.5, 0.6) is 5.75 Å². The van der Waals surface area contributed by atoms with E-state index < -0.39 is 9.84 Å². The first kappa shape index (κ1) is 13.4. The molecule has 102 valence electrons. The van der Waals surface area contributed by atoms with Gasteiger partial charge >= 0.3 is 0 Å². The molecule has 1 heterocycles. The Morgan fingerprint density at radius 2 is 2.05 bits per heavy atom. The van der Waals surface area contributed by atoms with E-state index in [0.29, 0.717) is 22.7 Å². The molecule has 2 N–H and O–H groups in total. The first-order valence-corrected chi connectivity index (χ1v) is 7.40. The molecular formula is C12H15N3O3S. The molecular weight excluding hydrogens is 266 g/mol. The van der Waals surface area contributed by atoms with Crippen LogP contribution in [0.1, 0.15) is 0 Å². The van der Waals surface area contributed by atoms with Crippen LogP contribution < -0.4 is 10.5 Å². The molecule has 0 spiro atoms. The van der Waals surface area contributed by atoms with Gasteiger partial charge in [0.05, 0.1) is 18.2 Å². The number of nitrogen functional groups attached to an aromatic ring is 1. The van der Waals surface area contributed by atoms with Crippen molar-refractivity contribution in [3.05, 3.63) is 24.4 Å². The molecule has 0 aliphatic rings. The minimum atomic E-state index is -3.39. The lowest BCUT2D eigenvalue weighted by atomic mass is 10.1. The number of hydrogen-bond donors (Lipinski definition) is 1. The maximum absolute atomic E-state index is 11.9. The quantitative estimate of drug-likeness (QED) is 0.909. The number of sulfone groups is 1. The number of anilines is 1. The van der Waals surface area contributed by atoms with Crippen molar-refractivity contribution in [3.8, 4) is 16.9 Å². The molecule has 0 bridgehead atoms. The van der Waals surface area contributed by atoms with Gasteiger partial charge in [-0.05, 0) is 12.1 Å². The first-order chi connectivity index (χ1) is 8.86. The molecule has 0 saturated heterocycles. The van der Waals surface area contributed by atoms with Gasteiger partial charge in [0, 0.05) is 24.4 Å². The maximum atomic E-state index is 11.9. The zero-order chi connectivity index (χ0) is 14.2. The molecule has 0 amide bonds. The number of aromatic nitrogens is 2. The third-order valence-electron chi connectivity index (χ3n) is 2.86. The fourth-order valence-corrected chi connectivity index (χ4v) is 2.80. The Bertz CT molecular complexity index is 720. The van der Waals surface area contributed by atoms with Crippen molar-refractivity contribution in [3.63, 3.8) is 0 Å². The molecule has 1 aromatic heterocycles. The van der Waals surface area contributed by atoms with Crippen LogP contribution in [-0.2, 0) is 16.9 Å². The smallest absolute Gasteiger partial charge is 0.176 e. The van der Waals surface area contributed by atoms with Crippen molar-refractivity contribution < 1.29 is 13.2 Å². The van der Waals surface area contributed by atoms with Crippen molar-refractivity contribution in [2.45, 2.75) is 4.90 Å². The van der Waals surface area contributed by atoms with Crippen molar-refractivity contribution in [1.29, 1.82) is 0 Å². The van der Waals surface area contributed by atoms with Crippen molar-refractivity contribution in [1.82, 2.24) is 9.78 Å². The highest BCUT2D eigenvalue weighted by Gasteiger charge is 2.22. The second-order valence-corrected chi connectivity index (χ2v) is 6.16. The van der Waals surface area contributed by atoms with Gasteiger partial charge < -0.3 is 10.5 Å². The number of aryl methyl sites for hydroxylation is 1. The molecule has 0 atom stereocenters. The summed E-state index contributed by atoms with van der Waals surface area (Å²) in [6.45, 7) is 0. The SMILES string of the molecule is COc1cccc(S(C)(=O)=O)c1-c1cnn(C)c1N. The Morgan fingerprint density at radius 1 is 1.37 bits per heavy atom. The Hall–Kier alpha value is -2.02.